The number of hydrogen-bond acceptors (Lipinski definition) is 5. The standard InChI is InChI=1S/C32H39N5O3/c1-3-4-15-36-27(19-23-12-8-9-21(2)16-23)29(38)30(39)28(18-22-10-6-5-7-11-22)37(32(36)40)20-24-13-14-26-25(17-24)31(33)35-34-26/h5-14,16-17,27-30,38-39H,3-4,15,18-20H2,1-2H3,(H3,33,34,35)/t27-,28-,29+,30+/m1/s1. The van der Waals surface area contributed by atoms with Gasteiger partial charge in [0.15, 0.2) is 5.82 Å². The van der Waals surface area contributed by atoms with Gasteiger partial charge in [-0.15, -0.1) is 0 Å². The maximum atomic E-state index is 14.5. The number of nitrogens with one attached hydrogen (secondary N) is 1. The molecule has 40 heavy (non-hydrogen) atoms. The zero-order valence-corrected chi connectivity index (χ0v) is 23.2. The summed E-state index contributed by atoms with van der Waals surface area (Å²) in [5, 5.41) is 31.3. The molecule has 0 spiro atoms. The number of nitrogens with zero attached hydrogens (tertiary/aromatic N) is 3. The van der Waals surface area contributed by atoms with Gasteiger partial charge in [0, 0.05) is 18.5 Å². The molecule has 1 aliphatic rings. The Balaban J connectivity index is 1.56. The van der Waals surface area contributed by atoms with Crippen LogP contribution in [0.3, 0.4) is 0 Å². The minimum absolute atomic E-state index is 0.178. The van der Waals surface area contributed by atoms with E-state index in [1.54, 1.807) is 9.80 Å². The molecule has 210 valence electrons. The molecule has 2 amide bonds. The summed E-state index contributed by atoms with van der Waals surface area (Å²) in [6.45, 7) is 4.88. The first-order valence-corrected chi connectivity index (χ1v) is 14.1. The second-order valence-electron chi connectivity index (χ2n) is 10.9. The Kier molecular flexibility index (Phi) is 8.38. The van der Waals surface area contributed by atoms with Crippen molar-refractivity contribution in [1.82, 2.24) is 20.0 Å². The molecule has 8 nitrogen and oxygen atoms in total. The van der Waals surface area contributed by atoms with Crippen molar-refractivity contribution in [1.29, 1.82) is 0 Å². The van der Waals surface area contributed by atoms with Crippen LogP contribution in [0.1, 0.15) is 42.0 Å². The van der Waals surface area contributed by atoms with Gasteiger partial charge in [-0.1, -0.05) is 79.6 Å². The quantitative estimate of drug-likeness (QED) is 0.250. The normalized spacial score (nSPS) is 21.6. The van der Waals surface area contributed by atoms with E-state index >= 15 is 0 Å². The predicted molar refractivity (Wildman–Crippen MR) is 158 cm³/mol. The number of aryl methyl sites for hydroxylation is 1. The van der Waals surface area contributed by atoms with Crippen LogP contribution in [-0.4, -0.2) is 67.1 Å². The highest BCUT2D eigenvalue weighted by atomic mass is 16.3. The zero-order valence-electron chi connectivity index (χ0n) is 23.2. The number of aliphatic hydroxyl groups is 2. The number of rotatable bonds is 9. The number of aliphatic hydroxyl groups excluding tert-OH is 2. The molecule has 4 atom stereocenters. The maximum Gasteiger partial charge on any atom is 0.321 e. The number of fused-ring (bicyclic) bond motifs is 1. The molecule has 5 N–H and O–H groups in total. The van der Waals surface area contributed by atoms with Crippen LogP contribution in [0.4, 0.5) is 10.6 Å². The number of anilines is 1. The van der Waals surface area contributed by atoms with Crippen molar-refractivity contribution >= 4 is 22.8 Å². The van der Waals surface area contributed by atoms with E-state index in [-0.39, 0.29) is 12.6 Å². The highest BCUT2D eigenvalue weighted by molar-refractivity contribution is 5.89. The van der Waals surface area contributed by atoms with Crippen molar-refractivity contribution in [2.24, 2.45) is 0 Å². The Morgan fingerprint density at radius 3 is 2.30 bits per heavy atom. The first kappa shape index (κ1) is 27.7. The first-order chi connectivity index (χ1) is 19.4. The summed E-state index contributed by atoms with van der Waals surface area (Å²) in [5.74, 6) is 0.401. The molecule has 0 saturated carbocycles. The predicted octanol–water partition coefficient (Wildman–Crippen LogP) is 4.44. The number of urea groups is 1. The van der Waals surface area contributed by atoms with Gasteiger partial charge in [-0.05, 0) is 55.0 Å². The second kappa shape index (κ2) is 12.1. The van der Waals surface area contributed by atoms with Gasteiger partial charge in [-0.3, -0.25) is 5.10 Å². The van der Waals surface area contributed by atoms with Gasteiger partial charge in [-0.2, -0.15) is 5.10 Å². The number of aromatic nitrogens is 2. The second-order valence-corrected chi connectivity index (χ2v) is 10.9. The summed E-state index contributed by atoms with van der Waals surface area (Å²) in [5.41, 5.74) is 10.9. The van der Waals surface area contributed by atoms with Crippen molar-refractivity contribution in [3.05, 3.63) is 95.1 Å². The number of carbonyl (C=O) groups excluding carboxylic acids is 1. The molecular weight excluding hydrogens is 502 g/mol. The lowest BCUT2D eigenvalue weighted by atomic mass is 9.90. The minimum Gasteiger partial charge on any atom is -0.388 e. The lowest BCUT2D eigenvalue weighted by Gasteiger charge is -2.35. The molecule has 1 aliphatic heterocycles. The van der Waals surface area contributed by atoms with Crippen molar-refractivity contribution in [3.63, 3.8) is 0 Å². The molecule has 0 bridgehead atoms. The van der Waals surface area contributed by atoms with E-state index in [1.807, 2.05) is 73.7 Å². The topological polar surface area (TPSA) is 119 Å². The van der Waals surface area contributed by atoms with Gasteiger partial charge in [-0.25, -0.2) is 4.79 Å². The number of hydrogen-bond donors (Lipinski definition) is 4. The number of nitrogens with two attached hydrogens (primary N) is 1. The van der Waals surface area contributed by atoms with Gasteiger partial charge in [0.05, 0.1) is 17.6 Å². The molecule has 3 aromatic carbocycles. The third-order valence-corrected chi connectivity index (χ3v) is 8.01. The Labute approximate surface area is 235 Å². The monoisotopic (exact) mass is 541 g/mol. The Bertz CT molecular complexity index is 1440. The molecule has 1 fully saturated rings. The van der Waals surface area contributed by atoms with Crippen LogP contribution in [0.25, 0.3) is 10.9 Å². The van der Waals surface area contributed by atoms with Gasteiger partial charge in [0.1, 0.15) is 12.2 Å². The van der Waals surface area contributed by atoms with Crippen molar-refractivity contribution in [3.8, 4) is 0 Å². The lowest BCUT2D eigenvalue weighted by molar-refractivity contribution is -0.0402. The Morgan fingerprint density at radius 1 is 0.875 bits per heavy atom. The smallest absolute Gasteiger partial charge is 0.321 e. The summed E-state index contributed by atoms with van der Waals surface area (Å²) < 4.78 is 0. The number of H-pyrrole nitrogens is 1. The average Bonchev–Trinajstić information content (AvgIpc) is 3.31. The van der Waals surface area contributed by atoms with Crippen molar-refractivity contribution in [2.45, 2.75) is 70.4 Å². The van der Waals surface area contributed by atoms with E-state index in [4.69, 9.17) is 5.73 Å². The number of amides is 2. The van der Waals surface area contributed by atoms with Crippen LogP contribution in [0.15, 0.2) is 72.8 Å². The summed E-state index contributed by atoms with van der Waals surface area (Å²) in [6, 6.07) is 22.4. The van der Waals surface area contributed by atoms with Crippen LogP contribution in [0.5, 0.6) is 0 Å². The molecule has 5 rings (SSSR count). The summed E-state index contributed by atoms with van der Waals surface area (Å²) >= 11 is 0. The van der Waals surface area contributed by atoms with Crippen LogP contribution < -0.4 is 5.73 Å². The maximum absolute atomic E-state index is 14.5. The fraction of sp³-hybridized carbons (Fsp3) is 0.375. The number of unbranched alkanes of at least 4 members (excludes halogenated alkanes) is 1. The van der Waals surface area contributed by atoms with Crippen LogP contribution >= 0.6 is 0 Å². The summed E-state index contributed by atoms with van der Waals surface area (Å²) in [6.07, 6.45) is 0.315. The molecule has 4 aromatic rings. The molecule has 2 heterocycles. The van der Waals surface area contributed by atoms with E-state index in [9.17, 15) is 15.0 Å². The molecule has 1 aromatic heterocycles. The molecule has 0 radical (unpaired) electrons. The van der Waals surface area contributed by atoms with E-state index in [2.05, 4.69) is 23.2 Å². The molecule has 0 unspecified atom stereocenters. The SMILES string of the molecule is CCCCN1C(=O)N(Cc2ccc3[nH]nc(N)c3c2)[C@H](Cc2ccccc2)[C@H](O)[C@@H](O)[C@H]1Cc1cccc(C)c1. The Morgan fingerprint density at radius 2 is 1.57 bits per heavy atom. The van der Waals surface area contributed by atoms with Gasteiger partial charge < -0.3 is 25.7 Å². The average molecular weight is 542 g/mol. The number of benzene rings is 3. The third-order valence-electron chi connectivity index (χ3n) is 8.01. The molecule has 8 heteroatoms. The number of aromatic amines is 1. The highest BCUT2D eigenvalue weighted by Gasteiger charge is 2.46. The minimum atomic E-state index is -1.15. The fourth-order valence-corrected chi connectivity index (χ4v) is 5.82. The van der Waals surface area contributed by atoms with Crippen LogP contribution in [0, 0.1) is 6.92 Å². The molecule has 1 saturated heterocycles. The largest absolute Gasteiger partial charge is 0.388 e. The first-order valence-electron chi connectivity index (χ1n) is 14.1. The van der Waals surface area contributed by atoms with E-state index in [0.717, 1.165) is 46.0 Å². The molecular formula is C32H39N5O3. The van der Waals surface area contributed by atoms with E-state index in [1.165, 1.54) is 0 Å². The zero-order chi connectivity index (χ0) is 28.2. The number of carbonyl (C=O) groups is 1. The fourth-order valence-electron chi connectivity index (χ4n) is 5.82. The van der Waals surface area contributed by atoms with E-state index < -0.39 is 24.3 Å². The Hall–Kier alpha value is -3.88. The van der Waals surface area contributed by atoms with Crippen molar-refractivity contribution < 1.29 is 15.0 Å². The van der Waals surface area contributed by atoms with Crippen LogP contribution in [-0.2, 0) is 19.4 Å². The summed E-state index contributed by atoms with van der Waals surface area (Å²) in [4.78, 5) is 18.0. The van der Waals surface area contributed by atoms with Gasteiger partial charge in [0.25, 0.3) is 0 Å². The molecule has 0 aliphatic carbocycles. The van der Waals surface area contributed by atoms with Gasteiger partial charge in [0.2, 0.25) is 0 Å². The highest BCUT2D eigenvalue weighted by Crippen LogP contribution is 2.30. The lowest BCUT2D eigenvalue weighted by Crippen LogP contribution is -2.51. The third kappa shape index (κ3) is 5.83. The van der Waals surface area contributed by atoms with Gasteiger partial charge >= 0.3 is 6.03 Å². The van der Waals surface area contributed by atoms with Crippen LogP contribution in [0.2, 0.25) is 0 Å². The van der Waals surface area contributed by atoms with Crippen molar-refractivity contribution in [2.75, 3.05) is 12.3 Å². The summed E-state index contributed by atoms with van der Waals surface area (Å²) in [7, 11) is 0. The number of nitrogen functional groups attached to an aromatic ring is 1. The van der Waals surface area contributed by atoms with E-state index in [0.29, 0.717) is 25.2 Å².